The van der Waals surface area contributed by atoms with Crippen LogP contribution in [0.5, 0.6) is 0 Å². The predicted octanol–water partition coefficient (Wildman–Crippen LogP) is 2.37. The third kappa shape index (κ3) is 2.82. The molecule has 0 aliphatic carbocycles. The number of nitrogens with one attached hydrogen (secondary N) is 1. The molecule has 0 saturated heterocycles. The molecule has 8 nitrogen and oxygen atoms in total. The van der Waals surface area contributed by atoms with Gasteiger partial charge in [0.15, 0.2) is 5.65 Å². The molecule has 5 rings (SSSR count). The molecule has 134 valence electrons. The summed E-state index contributed by atoms with van der Waals surface area (Å²) in [5, 5.41) is 13.2. The van der Waals surface area contributed by atoms with E-state index in [0.717, 1.165) is 16.5 Å². The SMILES string of the molecule is O=c1c2cnn(-c3ccccc3)c2nc2sc(CNCc3ccco3)nn12. The number of rotatable bonds is 5. The maximum absolute atomic E-state index is 12.8. The number of hydrogen-bond acceptors (Lipinski definition) is 7. The fourth-order valence-electron chi connectivity index (χ4n) is 2.87. The van der Waals surface area contributed by atoms with Crippen LogP contribution in [-0.2, 0) is 13.1 Å². The van der Waals surface area contributed by atoms with Crippen LogP contribution in [0, 0.1) is 0 Å². The number of hydrogen-bond donors (Lipinski definition) is 1. The molecule has 4 aromatic heterocycles. The van der Waals surface area contributed by atoms with Gasteiger partial charge in [-0.15, -0.1) is 0 Å². The van der Waals surface area contributed by atoms with Crippen LogP contribution in [0.15, 0.2) is 64.1 Å². The minimum Gasteiger partial charge on any atom is -0.468 e. The molecule has 0 aliphatic heterocycles. The van der Waals surface area contributed by atoms with E-state index in [0.29, 0.717) is 29.1 Å². The maximum atomic E-state index is 12.8. The van der Waals surface area contributed by atoms with Crippen LogP contribution in [0.1, 0.15) is 10.8 Å². The molecule has 0 unspecified atom stereocenters. The van der Waals surface area contributed by atoms with Gasteiger partial charge < -0.3 is 9.73 Å². The van der Waals surface area contributed by atoms with Crippen LogP contribution in [0.3, 0.4) is 0 Å². The zero-order valence-corrected chi connectivity index (χ0v) is 14.9. The second-order valence-electron chi connectivity index (χ2n) is 5.92. The van der Waals surface area contributed by atoms with Crippen molar-refractivity contribution in [1.29, 1.82) is 0 Å². The molecular weight excluding hydrogens is 364 g/mol. The Kier molecular flexibility index (Phi) is 3.80. The predicted molar refractivity (Wildman–Crippen MR) is 101 cm³/mol. The number of furan rings is 1. The lowest BCUT2D eigenvalue weighted by Gasteiger charge is -2.01. The number of benzene rings is 1. The van der Waals surface area contributed by atoms with Crippen molar-refractivity contribution in [1.82, 2.24) is 29.7 Å². The standard InChI is InChI=1S/C18H14N6O2S/c25-17-14-10-20-23(12-5-2-1-3-6-12)16(14)21-18-24(17)22-15(27-18)11-19-9-13-7-4-8-26-13/h1-8,10,19H,9,11H2. The van der Waals surface area contributed by atoms with Gasteiger partial charge >= 0.3 is 0 Å². The lowest BCUT2D eigenvalue weighted by atomic mass is 10.3. The lowest BCUT2D eigenvalue weighted by molar-refractivity contribution is 0.482. The van der Waals surface area contributed by atoms with Crippen molar-refractivity contribution in [2.24, 2.45) is 0 Å². The van der Waals surface area contributed by atoms with Crippen LogP contribution < -0.4 is 10.9 Å². The third-order valence-electron chi connectivity index (χ3n) is 4.13. The normalized spacial score (nSPS) is 11.6. The average molecular weight is 378 g/mol. The zero-order chi connectivity index (χ0) is 18.2. The molecule has 0 fully saturated rings. The highest BCUT2D eigenvalue weighted by Gasteiger charge is 2.15. The summed E-state index contributed by atoms with van der Waals surface area (Å²) in [6.07, 6.45) is 3.18. The lowest BCUT2D eigenvalue weighted by Crippen LogP contribution is -2.16. The van der Waals surface area contributed by atoms with Crippen LogP contribution in [0.4, 0.5) is 0 Å². The highest BCUT2D eigenvalue weighted by molar-refractivity contribution is 7.16. The quantitative estimate of drug-likeness (QED) is 0.505. The Balaban J connectivity index is 1.51. The van der Waals surface area contributed by atoms with Gasteiger partial charge in [-0.2, -0.15) is 19.7 Å². The molecule has 27 heavy (non-hydrogen) atoms. The van der Waals surface area contributed by atoms with Gasteiger partial charge in [0.25, 0.3) is 5.56 Å². The molecule has 0 spiro atoms. The molecule has 1 aromatic carbocycles. The van der Waals surface area contributed by atoms with Crippen molar-refractivity contribution in [2.45, 2.75) is 13.1 Å². The summed E-state index contributed by atoms with van der Waals surface area (Å²) in [6, 6.07) is 13.4. The molecule has 4 heterocycles. The van der Waals surface area contributed by atoms with Crippen LogP contribution in [-0.4, -0.2) is 24.4 Å². The van der Waals surface area contributed by atoms with Gasteiger partial charge in [0.05, 0.1) is 31.2 Å². The summed E-state index contributed by atoms with van der Waals surface area (Å²) < 4.78 is 8.30. The summed E-state index contributed by atoms with van der Waals surface area (Å²) in [4.78, 5) is 18.0. The topological polar surface area (TPSA) is 90.2 Å². The van der Waals surface area contributed by atoms with Crippen molar-refractivity contribution < 1.29 is 4.42 Å². The molecule has 1 N–H and O–H groups in total. The van der Waals surface area contributed by atoms with E-state index in [1.165, 1.54) is 22.0 Å². The number of fused-ring (bicyclic) bond motifs is 2. The third-order valence-corrected chi connectivity index (χ3v) is 5.03. The Labute approximate surface area is 156 Å². The highest BCUT2D eigenvalue weighted by Crippen LogP contribution is 2.18. The Hall–Kier alpha value is -3.30. The van der Waals surface area contributed by atoms with Gasteiger partial charge in [-0.05, 0) is 24.3 Å². The van der Waals surface area contributed by atoms with Gasteiger partial charge in [-0.1, -0.05) is 29.5 Å². The summed E-state index contributed by atoms with van der Waals surface area (Å²) in [5.74, 6) is 0.847. The molecule has 0 bridgehead atoms. The Morgan fingerprint density at radius 1 is 1.11 bits per heavy atom. The number of aromatic nitrogens is 5. The van der Waals surface area contributed by atoms with E-state index >= 15 is 0 Å². The van der Waals surface area contributed by atoms with Crippen LogP contribution in [0.25, 0.3) is 21.7 Å². The minimum atomic E-state index is -0.217. The van der Waals surface area contributed by atoms with Gasteiger partial charge in [0.2, 0.25) is 4.96 Å². The molecule has 0 atom stereocenters. The molecule has 5 aromatic rings. The minimum absolute atomic E-state index is 0.217. The molecule has 0 saturated carbocycles. The summed E-state index contributed by atoms with van der Waals surface area (Å²) >= 11 is 1.38. The van der Waals surface area contributed by atoms with Gasteiger partial charge in [0.1, 0.15) is 16.2 Å². The van der Waals surface area contributed by atoms with E-state index in [4.69, 9.17) is 4.42 Å². The molecular formula is C18H14N6O2S. The first kappa shape index (κ1) is 15.9. The molecule has 0 radical (unpaired) electrons. The summed E-state index contributed by atoms with van der Waals surface area (Å²) in [6.45, 7) is 1.12. The van der Waals surface area contributed by atoms with Crippen molar-refractivity contribution in [3.63, 3.8) is 0 Å². The summed E-state index contributed by atoms with van der Waals surface area (Å²) in [7, 11) is 0. The Morgan fingerprint density at radius 3 is 2.81 bits per heavy atom. The first-order chi connectivity index (χ1) is 13.3. The van der Waals surface area contributed by atoms with Crippen molar-refractivity contribution in [2.75, 3.05) is 0 Å². The van der Waals surface area contributed by atoms with Crippen molar-refractivity contribution >= 4 is 27.3 Å². The van der Waals surface area contributed by atoms with E-state index in [1.807, 2.05) is 42.5 Å². The van der Waals surface area contributed by atoms with Crippen LogP contribution in [0.2, 0.25) is 0 Å². The van der Waals surface area contributed by atoms with Gasteiger partial charge in [-0.25, -0.2) is 4.68 Å². The van der Waals surface area contributed by atoms with E-state index < -0.39 is 0 Å². The second-order valence-corrected chi connectivity index (χ2v) is 6.96. The maximum Gasteiger partial charge on any atom is 0.286 e. The van der Waals surface area contributed by atoms with E-state index in [1.54, 1.807) is 10.9 Å². The smallest absolute Gasteiger partial charge is 0.286 e. The fourth-order valence-corrected chi connectivity index (χ4v) is 3.72. The highest BCUT2D eigenvalue weighted by atomic mass is 32.1. The van der Waals surface area contributed by atoms with Gasteiger partial charge in [-0.3, -0.25) is 4.79 Å². The molecule has 0 aliphatic rings. The molecule has 9 heteroatoms. The largest absolute Gasteiger partial charge is 0.468 e. The van der Waals surface area contributed by atoms with E-state index in [2.05, 4.69) is 20.5 Å². The first-order valence-electron chi connectivity index (χ1n) is 8.34. The monoisotopic (exact) mass is 378 g/mol. The Morgan fingerprint density at radius 2 is 2.00 bits per heavy atom. The van der Waals surface area contributed by atoms with Gasteiger partial charge in [0, 0.05) is 0 Å². The van der Waals surface area contributed by atoms with Crippen molar-refractivity contribution in [3.05, 3.63) is 76.0 Å². The van der Waals surface area contributed by atoms with E-state index in [9.17, 15) is 4.79 Å². The molecule has 0 amide bonds. The van der Waals surface area contributed by atoms with Crippen molar-refractivity contribution in [3.8, 4) is 5.69 Å². The number of para-hydroxylation sites is 1. The van der Waals surface area contributed by atoms with Crippen LogP contribution >= 0.6 is 11.3 Å². The number of nitrogens with zero attached hydrogens (tertiary/aromatic N) is 5. The van der Waals surface area contributed by atoms with E-state index in [-0.39, 0.29) is 5.56 Å². The second kappa shape index (κ2) is 6.45. The zero-order valence-electron chi connectivity index (χ0n) is 14.1. The summed E-state index contributed by atoms with van der Waals surface area (Å²) in [5.41, 5.74) is 1.17. The fraction of sp³-hybridized carbons (Fsp3) is 0.111. The Bertz CT molecular complexity index is 1270. The first-order valence-corrected chi connectivity index (χ1v) is 9.16. The average Bonchev–Trinajstić information content (AvgIpc) is 3.42.